The first-order valence-corrected chi connectivity index (χ1v) is 8.36. The van der Waals surface area contributed by atoms with E-state index in [-0.39, 0.29) is 11.7 Å². The average Bonchev–Trinajstić information content (AvgIpc) is 3.19. The Bertz CT molecular complexity index is 825. The van der Waals surface area contributed by atoms with Gasteiger partial charge in [-0.15, -0.1) is 11.3 Å². The molecule has 0 atom stereocenters. The summed E-state index contributed by atoms with van der Waals surface area (Å²) in [4.78, 5) is 17.0. The van der Waals surface area contributed by atoms with E-state index < -0.39 is 0 Å². The van der Waals surface area contributed by atoms with Crippen LogP contribution in [0, 0.1) is 5.82 Å². The maximum atomic E-state index is 12.9. The predicted octanol–water partition coefficient (Wildman–Crippen LogP) is 2.58. The Hall–Kier alpha value is -2.54. The van der Waals surface area contributed by atoms with Crippen molar-refractivity contribution in [2.24, 2.45) is 7.05 Å². The number of nitrogens with zero attached hydrogens (tertiary/aromatic N) is 3. The van der Waals surface area contributed by atoms with E-state index in [2.05, 4.69) is 15.4 Å². The lowest BCUT2D eigenvalue weighted by Gasteiger charge is -2.01. The molecule has 1 aromatic carbocycles. The van der Waals surface area contributed by atoms with Crippen LogP contribution in [0.1, 0.15) is 25.8 Å². The van der Waals surface area contributed by atoms with Gasteiger partial charge in [0.1, 0.15) is 10.7 Å². The number of hydrogen-bond donors (Lipinski definition) is 1. The van der Waals surface area contributed by atoms with E-state index in [0.717, 1.165) is 22.6 Å². The molecule has 0 saturated heterocycles. The van der Waals surface area contributed by atoms with Gasteiger partial charge in [-0.05, 0) is 29.7 Å². The highest BCUT2D eigenvalue weighted by Crippen LogP contribution is 2.17. The quantitative estimate of drug-likeness (QED) is 0.748. The highest BCUT2D eigenvalue weighted by molar-refractivity contribution is 7.13. The van der Waals surface area contributed by atoms with Crippen LogP contribution in [0.5, 0.6) is 0 Å². The van der Waals surface area contributed by atoms with Gasteiger partial charge in [-0.1, -0.05) is 12.1 Å². The third kappa shape index (κ3) is 4.26. The van der Waals surface area contributed by atoms with Crippen LogP contribution in [0.15, 0.2) is 42.9 Å². The summed E-state index contributed by atoms with van der Waals surface area (Å²) >= 11 is 1.36. The van der Waals surface area contributed by atoms with Crippen LogP contribution in [-0.2, 0) is 19.9 Å². The maximum absolute atomic E-state index is 12.9. The highest BCUT2D eigenvalue weighted by atomic mass is 32.1. The minimum Gasteiger partial charge on any atom is -0.351 e. The number of nitrogens with one attached hydrogen (secondary N) is 1. The summed E-state index contributed by atoms with van der Waals surface area (Å²) in [5.74, 6) is -0.381. The number of halogens is 1. The van der Waals surface area contributed by atoms with Gasteiger partial charge in [-0.2, -0.15) is 5.10 Å². The Morgan fingerprint density at radius 1 is 1.25 bits per heavy atom. The first-order valence-electron chi connectivity index (χ1n) is 7.55. The first-order chi connectivity index (χ1) is 11.6. The SMILES string of the molecule is Cn1cc(CCNC(=O)c2cnc(Cc3ccc(F)cc3)s2)cn1. The molecule has 0 radical (unpaired) electrons. The summed E-state index contributed by atoms with van der Waals surface area (Å²) in [6, 6.07) is 6.30. The second-order valence-corrected chi connectivity index (χ2v) is 6.56. The molecule has 0 unspecified atom stereocenters. The lowest BCUT2D eigenvalue weighted by molar-refractivity contribution is 0.0958. The summed E-state index contributed by atoms with van der Waals surface area (Å²) in [6.07, 6.45) is 6.64. The van der Waals surface area contributed by atoms with Crippen LogP contribution >= 0.6 is 11.3 Å². The van der Waals surface area contributed by atoms with Gasteiger partial charge in [-0.25, -0.2) is 9.37 Å². The molecule has 1 N–H and O–H groups in total. The van der Waals surface area contributed by atoms with Crippen LogP contribution in [0.3, 0.4) is 0 Å². The van der Waals surface area contributed by atoms with Crippen LogP contribution in [0.4, 0.5) is 4.39 Å². The Balaban J connectivity index is 1.52. The van der Waals surface area contributed by atoms with Crippen LogP contribution in [0.2, 0.25) is 0 Å². The number of aromatic nitrogens is 3. The van der Waals surface area contributed by atoms with Crippen molar-refractivity contribution >= 4 is 17.2 Å². The Labute approximate surface area is 143 Å². The van der Waals surface area contributed by atoms with E-state index in [1.54, 1.807) is 29.2 Å². The van der Waals surface area contributed by atoms with E-state index in [1.165, 1.54) is 23.5 Å². The molecule has 2 heterocycles. The number of aryl methyl sites for hydroxylation is 1. The van der Waals surface area contributed by atoms with Crippen molar-refractivity contribution in [1.29, 1.82) is 0 Å². The third-order valence-electron chi connectivity index (χ3n) is 3.50. The van der Waals surface area contributed by atoms with Gasteiger partial charge < -0.3 is 5.32 Å². The molecule has 124 valence electrons. The summed E-state index contributed by atoms with van der Waals surface area (Å²) in [5, 5.41) is 7.81. The fourth-order valence-electron chi connectivity index (χ4n) is 2.28. The minimum absolute atomic E-state index is 0.123. The molecule has 0 saturated carbocycles. The van der Waals surface area contributed by atoms with Crippen LogP contribution < -0.4 is 5.32 Å². The molecule has 1 amide bonds. The molecule has 2 aromatic heterocycles. The van der Waals surface area contributed by atoms with E-state index in [0.29, 0.717) is 17.8 Å². The zero-order valence-corrected chi connectivity index (χ0v) is 14.0. The van der Waals surface area contributed by atoms with Gasteiger partial charge in [0, 0.05) is 26.2 Å². The number of carbonyl (C=O) groups excluding carboxylic acids is 1. The van der Waals surface area contributed by atoms with Gasteiger partial charge in [0.05, 0.1) is 17.4 Å². The van der Waals surface area contributed by atoms with Crippen molar-refractivity contribution < 1.29 is 9.18 Å². The average molecular weight is 344 g/mol. The van der Waals surface area contributed by atoms with Crippen molar-refractivity contribution in [2.45, 2.75) is 12.8 Å². The number of hydrogen-bond acceptors (Lipinski definition) is 4. The van der Waals surface area contributed by atoms with E-state index in [9.17, 15) is 9.18 Å². The van der Waals surface area contributed by atoms with Gasteiger partial charge >= 0.3 is 0 Å². The lowest BCUT2D eigenvalue weighted by atomic mass is 10.2. The zero-order chi connectivity index (χ0) is 16.9. The van der Waals surface area contributed by atoms with Crippen molar-refractivity contribution in [3.8, 4) is 0 Å². The molecular weight excluding hydrogens is 327 g/mol. The second kappa shape index (κ2) is 7.35. The van der Waals surface area contributed by atoms with E-state index in [1.807, 2.05) is 13.2 Å². The molecule has 0 aliphatic heterocycles. The normalized spacial score (nSPS) is 10.8. The lowest BCUT2D eigenvalue weighted by Crippen LogP contribution is -2.24. The van der Waals surface area contributed by atoms with Crippen molar-refractivity contribution in [2.75, 3.05) is 6.54 Å². The molecule has 7 heteroatoms. The largest absolute Gasteiger partial charge is 0.351 e. The molecule has 24 heavy (non-hydrogen) atoms. The maximum Gasteiger partial charge on any atom is 0.263 e. The van der Waals surface area contributed by atoms with Gasteiger partial charge in [0.25, 0.3) is 5.91 Å². The monoisotopic (exact) mass is 344 g/mol. The molecule has 5 nitrogen and oxygen atoms in total. The first kappa shape index (κ1) is 16.3. The van der Waals surface area contributed by atoms with Crippen LogP contribution in [-0.4, -0.2) is 27.2 Å². The Kier molecular flexibility index (Phi) is 5.00. The summed E-state index contributed by atoms with van der Waals surface area (Å²) in [6.45, 7) is 0.551. The van der Waals surface area contributed by atoms with E-state index >= 15 is 0 Å². The number of benzene rings is 1. The van der Waals surface area contributed by atoms with E-state index in [4.69, 9.17) is 0 Å². The minimum atomic E-state index is -0.258. The molecule has 0 fully saturated rings. The molecule has 0 bridgehead atoms. The predicted molar refractivity (Wildman–Crippen MR) is 90.6 cm³/mol. The summed E-state index contributed by atoms with van der Waals surface area (Å²) < 4.78 is 14.6. The van der Waals surface area contributed by atoms with Gasteiger partial charge in [0.15, 0.2) is 0 Å². The Morgan fingerprint density at radius 3 is 2.75 bits per heavy atom. The van der Waals surface area contributed by atoms with Crippen molar-refractivity contribution in [1.82, 2.24) is 20.1 Å². The molecule has 3 aromatic rings. The number of amides is 1. The fraction of sp³-hybridized carbons (Fsp3) is 0.235. The fourth-order valence-corrected chi connectivity index (χ4v) is 3.15. The molecule has 0 spiro atoms. The highest BCUT2D eigenvalue weighted by Gasteiger charge is 2.11. The standard InChI is InChI=1S/C17H17FN4OS/c1-22-11-13(9-21-22)6-7-19-17(23)15-10-20-16(24-15)8-12-2-4-14(18)5-3-12/h2-5,9-11H,6-8H2,1H3,(H,19,23). The molecular formula is C17H17FN4OS. The smallest absolute Gasteiger partial charge is 0.263 e. The molecule has 0 aliphatic carbocycles. The third-order valence-corrected chi connectivity index (χ3v) is 4.50. The molecule has 0 aliphatic rings. The topological polar surface area (TPSA) is 59.8 Å². The second-order valence-electron chi connectivity index (χ2n) is 5.45. The van der Waals surface area contributed by atoms with Gasteiger partial charge in [0.2, 0.25) is 0 Å². The van der Waals surface area contributed by atoms with Crippen LogP contribution in [0.25, 0.3) is 0 Å². The van der Waals surface area contributed by atoms with Crippen molar-refractivity contribution in [3.63, 3.8) is 0 Å². The number of carbonyl (C=O) groups is 1. The number of thiazole rings is 1. The summed E-state index contributed by atoms with van der Waals surface area (Å²) in [5.41, 5.74) is 2.05. The zero-order valence-electron chi connectivity index (χ0n) is 13.2. The number of rotatable bonds is 6. The van der Waals surface area contributed by atoms with Crippen molar-refractivity contribution in [3.05, 3.63) is 69.7 Å². The molecule has 3 rings (SSSR count). The Morgan fingerprint density at radius 2 is 2.04 bits per heavy atom. The van der Waals surface area contributed by atoms with Gasteiger partial charge in [-0.3, -0.25) is 9.48 Å². The summed E-state index contributed by atoms with van der Waals surface area (Å²) in [7, 11) is 1.86.